The molecule has 0 aromatic heterocycles. The number of ether oxygens (including phenoxy) is 2. The average Bonchev–Trinajstić information content (AvgIpc) is 2.61. The van der Waals surface area contributed by atoms with Crippen molar-refractivity contribution in [1.29, 1.82) is 0 Å². The van der Waals surface area contributed by atoms with E-state index in [9.17, 15) is 0 Å². The Morgan fingerprint density at radius 3 is 3.14 bits per heavy atom. The van der Waals surface area contributed by atoms with Crippen molar-refractivity contribution in [1.82, 2.24) is 0 Å². The van der Waals surface area contributed by atoms with E-state index in [0.29, 0.717) is 12.5 Å². The molecule has 1 heterocycles. The Morgan fingerprint density at radius 1 is 1.57 bits per heavy atom. The van der Waals surface area contributed by atoms with Gasteiger partial charge in [0.25, 0.3) is 0 Å². The largest absolute Gasteiger partial charge is 0.497 e. The monoisotopic (exact) mass is 193 g/mol. The third-order valence-corrected chi connectivity index (χ3v) is 2.61. The van der Waals surface area contributed by atoms with E-state index in [-0.39, 0.29) is 0 Å². The van der Waals surface area contributed by atoms with Crippen molar-refractivity contribution in [2.45, 2.75) is 12.3 Å². The van der Waals surface area contributed by atoms with Crippen molar-refractivity contribution < 1.29 is 9.47 Å². The Kier molecular flexibility index (Phi) is 2.59. The first kappa shape index (κ1) is 9.34. The highest BCUT2D eigenvalue weighted by atomic mass is 16.5. The lowest BCUT2D eigenvalue weighted by Crippen LogP contribution is -2.08. The molecule has 0 radical (unpaired) electrons. The molecule has 0 amide bonds. The number of hydrogen-bond acceptors (Lipinski definition) is 3. The molecule has 2 rings (SSSR count). The van der Waals surface area contributed by atoms with Crippen LogP contribution in [0.25, 0.3) is 0 Å². The summed E-state index contributed by atoms with van der Waals surface area (Å²) < 4.78 is 10.7. The highest BCUT2D eigenvalue weighted by Crippen LogP contribution is 2.37. The van der Waals surface area contributed by atoms with E-state index >= 15 is 0 Å². The van der Waals surface area contributed by atoms with Gasteiger partial charge in [-0.25, -0.2) is 0 Å². The number of fused-ring (bicyclic) bond motifs is 1. The molecule has 1 aromatic carbocycles. The minimum absolute atomic E-state index is 0.435. The predicted molar refractivity (Wildman–Crippen MR) is 54.9 cm³/mol. The van der Waals surface area contributed by atoms with Gasteiger partial charge in [0.2, 0.25) is 0 Å². The summed E-state index contributed by atoms with van der Waals surface area (Å²) in [4.78, 5) is 0. The number of benzene rings is 1. The van der Waals surface area contributed by atoms with Crippen molar-refractivity contribution in [3.63, 3.8) is 0 Å². The lowest BCUT2D eigenvalue weighted by molar-refractivity contribution is 0.326. The van der Waals surface area contributed by atoms with Gasteiger partial charge in [-0.05, 0) is 31.2 Å². The zero-order chi connectivity index (χ0) is 9.97. The molecule has 3 heteroatoms. The Bertz CT molecular complexity index is 323. The molecule has 1 unspecified atom stereocenters. The average molecular weight is 193 g/mol. The van der Waals surface area contributed by atoms with Crippen molar-refractivity contribution in [2.24, 2.45) is 5.73 Å². The topological polar surface area (TPSA) is 44.5 Å². The fourth-order valence-corrected chi connectivity index (χ4v) is 1.82. The highest BCUT2D eigenvalue weighted by molar-refractivity contribution is 5.45. The lowest BCUT2D eigenvalue weighted by atomic mass is 9.98. The molecule has 0 bridgehead atoms. The molecule has 1 aromatic rings. The normalized spacial score (nSPS) is 18.9. The van der Waals surface area contributed by atoms with Gasteiger partial charge >= 0.3 is 0 Å². The second kappa shape index (κ2) is 3.88. The first-order valence-electron chi connectivity index (χ1n) is 4.86. The van der Waals surface area contributed by atoms with E-state index in [4.69, 9.17) is 15.2 Å². The van der Waals surface area contributed by atoms with Crippen LogP contribution in [0.2, 0.25) is 0 Å². The molecular weight excluding hydrogens is 178 g/mol. The van der Waals surface area contributed by atoms with Crippen LogP contribution in [0.15, 0.2) is 18.2 Å². The standard InChI is InChI=1S/C11H15NO2/c1-13-9-2-3-11-10(6-9)8(4-5-12)7-14-11/h2-3,6,8H,4-5,7,12H2,1H3. The molecule has 0 fully saturated rings. The molecule has 0 aliphatic carbocycles. The van der Waals surface area contributed by atoms with Gasteiger partial charge in [-0.3, -0.25) is 0 Å². The molecule has 2 N–H and O–H groups in total. The minimum Gasteiger partial charge on any atom is -0.497 e. The van der Waals surface area contributed by atoms with Gasteiger partial charge in [0.05, 0.1) is 13.7 Å². The summed E-state index contributed by atoms with van der Waals surface area (Å²) in [5, 5.41) is 0. The minimum atomic E-state index is 0.435. The van der Waals surface area contributed by atoms with E-state index in [1.165, 1.54) is 5.56 Å². The van der Waals surface area contributed by atoms with Gasteiger partial charge < -0.3 is 15.2 Å². The maximum Gasteiger partial charge on any atom is 0.123 e. The second-order valence-corrected chi connectivity index (χ2v) is 3.49. The molecule has 76 valence electrons. The Labute approximate surface area is 83.8 Å². The molecule has 0 saturated carbocycles. The van der Waals surface area contributed by atoms with Crippen LogP contribution in [0.5, 0.6) is 11.5 Å². The zero-order valence-electron chi connectivity index (χ0n) is 8.32. The molecule has 0 saturated heterocycles. The number of hydrogen-bond donors (Lipinski definition) is 1. The third kappa shape index (κ3) is 1.55. The smallest absolute Gasteiger partial charge is 0.123 e. The van der Waals surface area contributed by atoms with Gasteiger partial charge in [-0.1, -0.05) is 0 Å². The van der Waals surface area contributed by atoms with Crippen LogP contribution in [0, 0.1) is 0 Å². The number of rotatable bonds is 3. The summed E-state index contributed by atoms with van der Waals surface area (Å²) >= 11 is 0. The third-order valence-electron chi connectivity index (χ3n) is 2.61. The fourth-order valence-electron chi connectivity index (χ4n) is 1.82. The number of methoxy groups -OCH3 is 1. The number of nitrogens with two attached hydrogens (primary N) is 1. The summed E-state index contributed by atoms with van der Waals surface area (Å²) in [7, 11) is 1.68. The Balaban J connectivity index is 2.27. The summed E-state index contributed by atoms with van der Waals surface area (Å²) in [6.45, 7) is 1.45. The SMILES string of the molecule is COc1ccc2c(c1)C(CCN)CO2. The first-order valence-corrected chi connectivity index (χ1v) is 4.86. The van der Waals surface area contributed by atoms with Crippen molar-refractivity contribution in [3.05, 3.63) is 23.8 Å². The van der Waals surface area contributed by atoms with E-state index < -0.39 is 0 Å². The Morgan fingerprint density at radius 2 is 2.43 bits per heavy atom. The van der Waals surface area contributed by atoms with E-state index in [0.717, 1.165) is 24.5 Å². The maximum absolute atomic E-state index is 5.55. The van der Waals surface area contributed by atoms with Gasteiger partial charge in [-0.15, -0.1) is 0 Å². The van der Waals surface area contributed by atoms with Crippen LogP contribution in [-0.4, -0.2) is 20.3 Å². The van der Waals surface area contributed by atoms with Crippen molar-refractivity contribution in [2.75, 3.05) is 20.3 Å². The van der Waals surface area contributed by atoms with Gasteiger partial charge in [0.15, 0.2) is 0 Å². The van der Waals surface area contributed by atoms with Crippen molar-refractivity contribution in [3.8, 4) is 11.5 Å². The molecule has 1 aliphatic rings. The van der Waals surface area contributed by atoms with E-state index in [1.54, 1.807) is 7.11 Å². The van der Waals surface area contributed by atoms with Gasteiger partial charge in [-0.2, -0.15) is 0 Å². The summed E-state index contributed by atoms with van der Waals surface area (Å²) in [6, 6.07) is 5.93. The molecule has 1 aliphatic heterocycles. The Hall–Kier alpha value is -1.22. The zero-order valence-corrected chi connectivity index (χ0v) is 8.32. The van der Waals surface area contributed by atoms with Crippen LogP contribution < -0.4 is 15.2 Å². The molecule has 1 atom stereocenters. The molecular formula is C11H15NO2. The van der Waals surface area contributed by atoms with Gasteiger partial charge in [0, 0.05) is 11.5 Å². The molecule has 14 heavy (non-hydrogen) atoms. The van der Waals surface area contributed by atoms with Crippen LogP contribution >= 0.6 is 0 Å². The van der Waals surface area contributed by atoms with Gasteiger partial charge in [0.1, 0.15) is 11.5 Å². The molecule has 0 spiro atoms. The summed E-state index contributed by atoms with van der Waals surface area (Å²) in [6.07, 6.45) is 0.972. The highest BCUT2D eigenvalue weighted by Gasteiger charge is 2.23. The van der Waals surface area contributed by atoms with Crippen LogP contribution in [-0.2, 0) is 0 Å². The van der Waals surface area contributed by atoms with E-state index in [2.05, 4.69) is 0 Å². The first-order chi connectivity index (χ1) is 6.85. The summed E-state index contributed by atoms with van der Waals surface area (Å²) in [5.74, 6) is 2.30. The van der Waals surface area contributed by atoms with Crippen LogP contribution in [0.1, 0.15) is 17.9 Å². The van der Waals surface area contributed by atoms with Crippen LogP contribution in [0.4, 0.5) is 0 Å². The molecule has 3 nitrogen and oxygen atoms in total. The van der Waals surface area contributed by atoms with Crippen molar-refractivity contribution >= 4 is 0 Å². The predicted octanol–water partition coefficient (Wildman–Crippen LogP) is 1.52. The van der Waals surface area contributed by atoms with E-state index in [1.807, 2.05) is 18.2 Å². The quantitative estimate of drug-likeness (QED) is 0.791. The second-order valence-electron chi connectivity index (χ2n) is 3.49. The fraction of sp³-hybridized carbons (Fsp3) is 0.455. The summed E-state index contributed by atoms with van der Waals surface area (Å²) in [5.41, 5.74) is 6.78. The lowest BCUT2D eigenvalue weighted by Gasteiger charge is -2.07. The maximum atomic E-state index is 5.55. The van der Waals surface area contributed by atoms with Crippen LogP contribution in [0.3, 0.4) is 0 Å².